The molecule has 2 aromatic rings. The average molecular weight is 405 g/mol. The quantitative estimate of drug-likeness (QED) is 0.818. The van der Waals surface area contributed by atoms with Gasteiger partial charge in [-0.1, -0.05) is 6.42 Å². The molecule has 1 unspecified atom stereocenters. The van der Waals surface area contributed by atoms with E-state index in [0.717, 1.165) is 50.2 Å². The lowest BCUT2D eigenvalue weighted by molar-refractivity contribution is -0.131. The number of aromatic amines is 1. The van der Waals surface area contributed by atoms with Crippen LogP contribution in [-0.2, 0) is 4.79 Å². The number of aromatic nitrogens is 3. The molecular formula is C20H29ClN6O. The number of pyridine rings is 1. The first-order valence-corrected chi connectivity index (χ1v) is 10.4. The Bertz CT molecular complexity index is 821. The summed E-state index contributed by atoms with van der Waals surface area (Å²) in [4.78, 5) is 21.7. The number of hydrogen-bond acceptors (Lipinski definition) is 5. The van der Waals surface area contributed by atoms with Gasteiger partial charge in [0.2, 0.25) is 5.91 Å². The fourth-order valence-corrected chi connectivity index (χ4v) is 4.72. The Morgan fingerprint density at radius 1 is 1.11 bits per heavy atom. The van der Waals surface area contributed by atoms with Crippen LogP contribution >= 0.6 is 12.4 Å². The zero-order valence-corrected chi connectivity index (χ0v) is 17.0. The molecule has 152 valence electrons. The smallest absolute Gasteiger partial charge is 0.224 e. The van der Waals surface area contributed by atoms with Crippen LogP contribution in [0.15, 0.2) is 12.4 Å². The van der Waals surface area contributed by atoms with E-state index < -0.39 is 0 Å². The van der Waals surface area contributed by atoms with Crippen LogP contribution in [0.1, 0.15) is 50.0 Å². The molecule has 3 fully saturated rings. The van der Waals surface area contributed by atoms with Gasteiger partial charge < -0.3 is 15.1 Å². The molecule has 2 aliphatic heterocycles. The molecule has 7 nitrogen and oxygen atoms in total. The summed E-state index contributed by atoms with van der Waals surface area (Å²) >= 11 is 0. The molecule has 0 radical (unpaired) electrons. The average Bonchev–Trinajstić information content (AvgIpc) is 3.32. The van der Waals surface area contributed by atoms with Crippen molar-refractivity contribution in [2.75, 3.05) is 37.6 Å². The van der Waals surface area contributed by atoms with Gasteiger partial charge in [-0.15, -0.1) is 12.4 Å². The lowest BCUT2D eigenvalue weighted by Crippen LogP contribution is -2.50. The monoisotopic (exact) mass is 404 g/mol. The van der Waals surface area contributed by atoms with E-state index in [-0.39, 0.29) is 12.4 Å². The minimum atomic E-state index is 0. The van der Waals surface area contributed by atoms with Crippen molar-refractivity contribution >= 4 is 35.0 Å². The molecule has 1 saturated carbocycles. The van der Waals surface area contributed by atoms with Gasteiger partial charge >= 0.3 is 0 Å². The molecule has 1 amide bonds. The van der Waals surface area contributed by atoms with E-state index in [0.29, 0.717) is 24.3 Å². The second-order valence-corrected chi connectivity index (χ2v) is 8.19. The van der Waals surface area contributed by atoms with Crippen molar-refractivity contribution in [1.82, 2.24) is 25.4 Å². The van der Waals surface area contributed by atoms with Gasteiger partial charge in [-0.2, -0.15) is 5.10 Å². The highest BCUT2D eigenvalue weighted by molar-refractivity contribution is 5.91. The lowest BCUT2D eigenvalue weighted by Gasteiger charge is -2.39. The number of piperazine rings is 1. The Morgan fingerprint density at radius 3 is 2.61 bits per heavy atom. The number of nitrogens with one attached hydrogen (secondary N) is 2. The predicted molar refractivity (Wildman–Crippen MR) is 112 cm³/mol. The fraction of sp³-hybridized carbons (Fsp3) is 0.650. The number of halogens is 1. The van der Waals surface area contributed by atoms with Crippen LogP contribution in [0.3, 0.4) is 0 Å². The fourth-order valence-electron chi connectivity index (χ4n) is 4.72. The summed E-state index contributed by atoms with van der Waals surface area (Å²) < 4.78 is 0. The maximum atomic E-state index is 12.6. The number of carbonyl (C=O) groups is 1. The van der Waals surface area contributed by atoms with Gasteiger partial charge in [-0.3, -0.25) is 9.89 Å². The van der Waals surface area contributed by atoms with Crippen LogP contribution < -0.4 is 10.2 Å². The Kier molecular flexibility index (Phi) is 5.73. The van der Waals surface area contributed by atoms with Crippen LogP contribution in [0.2, 0.25) is 0 Å². The topological polar surface area (TPSA) is 77.2 Å². The summed E-state index contributed by atoms with van der Waals surface area (Å²) in [5.41, 5.74) is 3.52. The van der Waals surface area contributed by atoms with Crippen LogP contribution in [-0.4, -0.2) is 64.8 Å². The molecule has 2 saturated heterocycles. The highest BCUT2D eigenvalue weighted by Crippen LogP contribution is 2.43. The number of anilines is 1. The third-order valence-corrected chi connectivity index (χ3v) is 6.56. The number of hydrogen-bond donors (Lipinski definition) is 2. The van der Waals surface area contributed by atoms with Crippen LogP contribution in [0, 0.1) is 0 Å². The molecule has 1 aliphatic carbocycles. The number of H-pyrrole nitrogens is 1. The summed E-state index contributed by atoms with van der Waals surface area (Å²) in [5, 5.41) is 11.8. The van der Waals surface area contributed by atoms with Gasteiger partial charge in [0.05, 0.1) is 17.3 Å². The Hall–Kier alpha value is -1.86. The molecule has 8 heteroatoms. The van der Waals surface area contributed by atoms with Crippen LogP contribution in [0.25, 0.3) is 11.0 Å². The van der Waals surface area contributed by atoms with Crippen molar-refractivity contribution in [1.29, 1.82) is 0 Å². The van der Waals surface area contributed by atoms with Crippen molar-refractivity contribution < 1.29 is 4.79 Å². The highest BCUT2D eigenvalue weighted by Gasteiger charge is 2.30. The van der Waals surface area contributed by atoms with Crippen molar-refractivity contribution in [2.24, 2.45) is 0 Å². The number of amides is 1. The van der Waals surface area contributed by atoms with Gasteiger partial charge in [0.1, 0.15) is 0 Å². The molecule has 3 aliphatic rings. The van der Waals surface area contributed by atoms with Crippen LogP contribution in [0.4, 0.5) is 5.69 Å². The molecule has 5 rings (SSSR count). The maximum absolute atomic E-state index is 12.6. The normalized spacial score (nSPS) is 22.9. The number of carbonyl (C=O) groups excluding carboxylic acids is 1. The number of fused-ring (bicyclic) bond motifs is 1. The summed E-state index contributed by atoms with van der Waals surface area (Å²) in [7, 11) is 0. The SMILES string of the molecule is Cl.O=C(CC1CCCN1)N1CCN(c2c(C3CCC3)cnc3[nH]ncc23)CC1. The maximum Gasteiger partial charge on any atom is 0.224 e. The lowest BCUT2D eigenvalue weighted by atomic mass is 9.79. The van der Waals surface area contributed by atoms with Crippen molar-refractivity contribution in [2.45, 2.75) is 50.5 Å². The van der Waals surface area contributed by atoms with Crippen LogP contribution in [0.5, 0.6) is 0 Å². The minimum Gasteiger partial charge on any atom is -0.367 e. The summed E-state index contributed by atoms with van der Waals surface area (Å²) in [6.07, 6.45) is 10.7. The third-order valence-electron chi connectivity index (χ3n) is 6.56. The van der Waals surface area contributed by atoms with Crippen molar-refractivity contribution in [3.63, 3.8) is 0 Å². The Labute approximate surface area is 171 Å². The third kappa shape index (κ3) is 3.57. The summed E-state index contributed by atoms with van der Waals surface area (Å²) in [6, 6.07) is 0.381. The first kappa shape index (κ1) is 19.5. The Morgan fingerprint density at radius 2 is 1.93 bits per heavy atom. The van der Waals surface area contributed by atoms with Gasteiger partial charge in [0.25, 0.3) is 0 Å². The molecule has 0 spiro atoms. The van der Waals surface area contributed by atoms with Crippen molar-refractivity contribution in [3.05, 3.63) is 18.0 Å². The zero-order chi connectivity index (χ0) is 18.2. The number of rotatable bonds is 4. The van der Waals surface area contributed by atoms with E-state index in [1.165, 1.54) is 36.9 Å². The molecule has 1 atom stereocenters. The van der Waals surface area contributed by atoms with Gasteiger partial charge in [0.15, 0.2) is 5.65 Å². The second kappa shape index (κ2) is 8.25. The molecule has 0 bridgehead atoms. The first-order chi connectivity index (χ1) is 13.3. The van der Waals surface area contributed by atoms with E-state index in [9.17, 15) is 4.79 Å². The van der Waals surface area contributed by atoms with E-state index in [2.05, 4.69) is 25.4 Å². The standard InChI is InChI=1S/C20H28N6O.ClH/c27-18(11-15-5-2-6-21-15)25-7-9-26(10-8-25)19-16(14-3-1-4-14)12-22-20-17(19)13-23-24-20;/h12-15,21H,1-11H2,(H,22,23,24);1H. The van der Waals surface area contributed by atoms with Gasteiger partial charge in [-0.05, 0) is 43.7 Å². The molecule has 0 aromatic carbocycles. The summed E-state index contributed by atoms with van der Waals surface area (Å²) in [6.45, 7) is 4.43. The molecule has 28 heavy (non-hydrogen) atoms. The Balaban J connectivity index is 0.00000192. The van der Waals surface area contributed by atoms with Gasteiger partial charge in [0, 0.05) is 44.8 Å². The first-order valence-electron chi connectivity index (χ1n) is 10.4. The molecule has 4 heterocycles. The largest absolute Gasteiger partial charge is 0.367 e. The van der Waals surface area contributed by atoms with E-state index in [1.54, 1.807) is 0 Å². The van der Waals surface area contributed by atoms with Gasteiger partial charge in [-0.25, -0.2) is 4.98 Å². The van der Waals surface area contributed by atoms with E-state index >= 15 is 0 Å². The highest BCUT2D eigenvalue weighted by atomic mass is 35.5. The second-order valence-electron chi connectivity index (χ2n) is 8.19. The summed E-state index contributed by atoms with van der Waals surface area (Å²) in [5.74, 6) is 0.927. The number of nitrogens with zero attached hydrogens (tertiary/aromatic N) is 4. The zero-order valence-electron chi connectivity index (χ0n) is 16.2. The minimum absolute atomic E-state index is 0. The van der Waals surface area contributed by atoms with E-state index in [4.69, 9.17) is 0 Å². The molecular weight excluding hydrogens is 376 g/mol. The predicted octanol–water partition coefficient (Wildman–Crippen LogP) is 2.44. The molecule has 2 aromatic heterocycles. The van der Waals surface area contributed by atoms with Crippen molar-refractivity contribution in [3.8, 4) is 0 Å². The van der Waals surface area contributed by atoms with E-state index in [1.807, 2.05) is 17.3 Å². The molecule has 2 N–H and O–H groups in total.